The largest absolute Gasteiger partial charge is 0.307 e. The fraction of sp³-hybridized carbons (Fsp3) is 0. The molecule has 4 nitrogen and oxygen atoms in total. The highest BCUT2D eigenvalue weighted by Crippen LogP contribution is 2.24. The Bertz CT molecular complexity index is 472. The average Bonchev–Trinajstić information content (AvgIpc) is 2.30. The smallest absolute Gasteiger partial charge is 0.166 e. The van der Waals surface area contributed by atoms with Crippen LogP contribution in [0.15, 0.2) is 36.7 Å². The number of hydrogen-bond acceptors (Lipinski definition) is 4. The molecule has 1 aromatic heterocycles. The number of benzene rings is 1. The molecule has 0 bridgehead atoms. The van der Waals surface area contributed by atoms with Crippen molar-refractivity contribution in [3.05, 3.63) is 42.5 Å². The summed E-state index contributed by atoms with van der Waals surface area (Å²) in [7, 11) is 0. The van der Waals surface area contributed by atoms with Gasteiger partial charge < -0.3 is 5.43 Å². The molecule has 76 valence electrons. The minimum absolute atomic E-state index is 0.350. The highest BCUT2D eigenvalue weighted by atomic mass is 19.1. The molecular formula is C10H9FN4. The molecule has 0 saturated carbocycles. The van der Waals surface area contributed by atoms with E-state index in [4.69, 9.17) is 5.84 Å². The Morgan fingerprint density at radius 1 is 1.13 bits per heavy atom. The second kappa shape index (κ2) is 4.02. The predicted octanol–water partition coefficient (Wildman–Crippen LogP) is 1.57. The summed E-state index contributed by atoms with van der Waals surface area (Å²) in [5, 5.41) is 0. The molecule has 5 heteroatoms. The van der Waals surface area contributed by atoms with Crippen molar-refractivity contribution in [3.8, 4) is 11.3 Å². The van der Waals surface area contributed by atoms with Crippen LogP contribution in [0.25, 0.3) is 11.3 Å². The number of nitrogens with one attached hydrogen (secondary N) is 1. The van der Waals surface area contributed by atoms with Crippen molar-refractivity contribution in [1.82, 2.24) is 9.97 Å². The van der Waals surface area contributed by atoms with Gasteiger partial charge in [-0.1, -0.05) is 12.1 Å². The second-order valence-corrected chi connectivity index (χ2v) is 2.88. The lowest BCUT2D eigenvalue weighted by molar-refractivity contribution is 0.630. The zero-order valence-corrected chi connectivity index (χ0v) is 7.81. The molecule has 0 radical (unpaired) electrons. The Labute approximate surface area is 86.0 Å². The number of hydrogen-bond donors (Lipinski definition) is 2. The molecule has 15 heavy (non-hydrogen) atoms. The van der Waals surface area contributed by atoms with E-state index in [0.717, 1.165) is 0 Å². The van der Waals surface area contributed by atoms with Crippen LogP contribution in [0.1, 0.15) is 0 Å². The summed E-state index contributed by atoms with van der Waals surface area (Å²) in [6.45, 7) is 0. The molecule has 2 aromatic rings. The molecule has 3 N–H and O–H groups in total. The van der Waals surface area contributed by atoms with E-state index in [0.29, 0.717) is 17.1 Å². The first-order chi connectivity index (χ1) is 7.33. The van der Waals surface area contributed by atoms with E-state index in [9.17, 15) is 4.39 Å². The highest BCUT2D eigenvalue weighted by Gasteiger charge is 2.10. The van der Waals surface area contributed by atoms with Crippen molar-refractivity contribution in [3.63, 3.8) is 0 Å². The summed E-state index contributed by atoms with van der Waals surface area (Å²) in [5.74, 6) is 5.26. The van der Waals surface area contributed by atoms with Crippen LogP contribution in [0.3, 0.4) is 0 Å². The summed E-state index contributed by atoms with van der Waals surface area (Å²) >= 11 is 0. The topological polar surface area (TPSA) is 63.8 Å². The first-order valence-corrected chi connectivity index (χ1v) is 4.35. The number of aromatic nitrogens is 2. The molecule has 0 spiro atoms. The Balaban J connectivity index is 2.59. The van der Waals surface area contributed by atoms with E-state index in [2.05, 4.69) is 15.4 Å². The molecule has 1 aromatic carbocycles. The van der Waals surface area contributed by atoms with Gasteiger partial charge in [0.2, 0.25) is 0 Å². The number of halogens is 1. The van der Waals surface area contributed by atoms with Crippen LogP contribution < -0.4 is 11.3 Å². The first kappa shape index (κ1) is 9.54. The minimum Gasteiger partial charge on any atom is -0.307 e. The maximum Gasteiger partial charge on any atom is 0.166 e. The molecule has 0 saturated heterocycles. The van der Waals surface area contributed by atoms with Gasteiger partial charge >= 0.3 is 0 Å². The summed E-state index contributed by atoms with van der Waals surface area (Å²) in [5.41, 5.74) is 3.16. The van der Waals surface area contributed by atoms with E-state index in [1.807, 2.05) is 0 Å². The highest BCUT2D eigenvalue weighted by molar-refractivity contribution is 5.70. The number of hydrazine groups is 1. The molecule has 2 rings (SSSR count). The van der Waals surface area contributed by atoms with Crippen LogP contribution in [0.4, 0.5) is 10.2 Å². The molecule has 1 heterocycles. The van der Waals surface area contributed by atoms with Gasteiger partial charge in [0.05, 0.1) is 0 Å². The standard InChI is InChI=1S/C10H9FN4/c11-8-4-2-1-3-7(8)9-10(15-12)14-6-5-13-9/h1-6H,12H2,(H,14,15). The normalized spacial score (nSPS) is 10.0. The Morgan fingerprint density at radius 3 is 2.60 bits per heavy atom. The lowest BCUT2D eigenvalue weighted by atomic mass is 10.1. The van der Waals surface area contributed by atoms with Crippen molar-refractivity contribution in [2.45, 2.75) is 0 Å². The zero-order valence-electron chi connectivity index (χ0n) is 7.81. The van der Waals surface area contributed by atoms with Gasteiger partial charge in [-0.2, -0.15) is 0 Å². The Hall–Kier alpha value is -2.01. The van der Waals surface area contributed by atoms with E-state index in [-0.39, 0.29) is 5.82 Å². The van der Waals surface area contributed by atoms with Crippen molar-refractivity contribution in [2.24, 2.45) is 5.84 Å². The molecule has 0 amide bonds. The third-order valence-electron chi connectivity index (χ3n) is 1.96. The Morgan fingerprint density at radius 2 is 1.87 bits per heavy atom. The van der Waals surface area contributed by atoms with Gasteiger partial charge in [-0.15, -0.1) is 0 Å². The second-order valence-electron chi connectivity index (χ2n) is 2.88. The maximum atomic E-state index is 13.5. The minimum atomic E-state index is -0.352. The number of nitrogens with two attached hydrogens (primary N) is 1. The van der Waals surface area contributed by atoms with Crippen LogP contribution in [0.5, 0.6) is 0 Å². The Kier molecular flexibility index (Phi) is 2.55. The van der Waals surface area contributed by atoms with Crippen LogP contribution in [0.2, 0.25) is 0 Å². The van der Waals surface area contributed by atoms with E-state index in [1.165, 1.54) is 18.5 Å². The van der Waals surface area contributed by atoms with Gasteiger partial charge in [0.15, 0.2) is 5.82 Å². The quantitative estimate of drug-likeness (QED) is 0.575. The van der Waals surface area contributed by atoms with Gasteiger partial charge in [-0.05, 0) is 12.1 Å². The van der Waals surface area contributed by atoms with Crippen LogP contribution in [-0.2, 0) is 0 Å². The van der Waals surface area contributed by atoms with Crippen LogP contribution in [-0.4, -0.2) is 9.97 Å². The lowest BCUT2D eigenvalue weighted by Gasteiger charge is -2.06. The van der Waals surface area contributed by atoms with E-state index >= 15 is 0 Å². The van der Waals surface area contributed by atoms with E-state index < -0.39 is 0 Å². The van der Waals surface area contributed by atoms with Gasteiger partial charge in [0.1, 0.15) is 11.5 Å². The summed E-state index contributed by atoms with van der Waals surface area (Å²) in [6, 6.07) is 6.34. The van der Waals surface area contributed by atoms with Gasteiger partial charge in [0.25, 0.3) is 0 Å². The maximum absolute atomic E-state index is 13.5. The van der Waals surface area contributed by atoms with Crippen LogP contribution >= 0.6 is 0 Å². The summed E-state index contributed by atoms with van der Waals surface area (Å²) in [6.07, 6.45) is 2.97. The molecule has 0 fully saturated rings. The SMILES string of the molecule is NNc1nccnc1-c1ccccc1F. The van der Waals surface area contributed by atoms with Crippen molar-refractivity contribution < 1.29 is 4.39 Å². The third-order valence-corrected chi connectivity index (χ3v) is 1.96. The first-order valence-electron chi connectivity index (χ1n) is 4.35. The molecule has 0 unspecified atom stereocenters. The van der Waals surface area contributed by atoms with Crippen molar-refractivity contribution in [1.29, 1.82) is 0 Å². The van der Waals surface area contributed by atoms with Gasteiger partial charge in [0, 0.05) is 18.0 Å². The molecule has 0 aliphatic carbocycles. The van der Waals surface area contributed by atoms with Gasteiger partial charge in [-0.25, -0.2) is 15.2 Å². The number of rotatable bonds is 2. The number of anilines is 1. The van der Waals surface area contributed by atoms with E-state index in [1.54, 1.807) is 18.2 Å². The third kappa shape index (κ3) is 1.77. The molecule has 0 aliphatic rings. The molecule has 0 atom stereocenters. The monoisotopic (exact) mass is 204 g/mol. The number of nitrogens with zero attached hydrogens (tertiary/aromatic N) is 2. The van der Waals surface area contributed by atoms with Crippen molar-refractivity contribution >= 4 is 5.82 Å². The zero-order chi connectivity index (χ0) is 10.7. The molecular weight excluding hydrogens is 195 g/mol. The average molecular weight is 204 g/mol. The van der Waals surface area contributed by atoms with Gasteiger partial charge in [-0.3, -0.25) is 4.98 Å². The lowest BCUT2D eigenvalue weighted by Crippen LogP contribution is -2.10. The fourth-order valence-electron chi connectivity index (χ4n) is 1.29. The van der Waals surface area contributed by atoms with Crippen molar-refractivity contribution in [2.75, 3.05) is 5.43 Å². The fourth-order valence-corrected chi connectivity index (χ4v) is 1.29. The predicted molar refractivity (Wildman–Crippen MR) is 55.2 cm³/mol. The summed E-state index contributed by atoms with van der Waals surface area (Å²) < 4.78 is 13.5. The summed E-state index contributed by atoms with van der Waals surface area (Å²) in [4.78, 5) is 7.98. The molecule has 0 aliphatic heterocycles. The number of nitrogen functional groups attached to an aromatic ring is 1. The van der Waals surface area contributed by atoms with Crippen LogP contribution in [0, 0.1) is 5.82 Å².